The molecule has 1 amide bonds. The van der Waals surface area contributed by atoms with Crippen LogP contribution >= 0.6 is 0 Å². The van der Waals surface area contributed by atoms with Crippen molar-refractivity contribution in [3.05, 3.63) is 66.0 Å². The van der Waals surface area contributed by atoms with E-state index in [1.807, 2.05) is 69.0 Å². The van der Waals surface area contributed by atoms with Gasteiger partial charge in [0, 0.05) is 12.0 Å². The molecule has 194 valence electrons. The predicted molar refractivity (Wildman–Crippen MR) is 139 cm³/mol. The molecule has 0 aliphatic carbocycles. The average Bonchev–Trinajstić information content (AvgIpc) is 3.50. The van der Waals surface area contributed by atoms with Gasteiger partial charge in [-0.25, -0.2) is 0 Å². The monoisotopic (exact) mass is 504 g/mol. The Morgan fingerprint density at radius 3 is 2.49 bits per heavy atom. The van der Waals surface area contributed by atoms with Crippen molar-refractivity contribution in [1.29, 1.82) is 0 Å². The highest BCUT2D eigenvalue weighted by Gasteiger charge is 2.52. The van der Waals surface area contributed by atoms with Gasteiger partial charge in [0.15, 0.2) is 0 Å². The summed E-state index contributed by atoms with van der Waals surface area (Å²) in [5.74, 6) is 0.636. The summed E-state index contributed by atoms with van der Waals surface area (Å²) in [6.45, 7) is 9.57. The first kappa shape index (κ1) is 25.4. The highest BCUT2D eigenvalue weighted by atomic mass is 16.7. The van der Waals surface area contributed by atoms with Gasteiger partial charge in [-0.2, -0.15) is 15.0 Å². The van der Waals surface area contributed by atoms with Gasteiger partial charge in [-0.3, -0.25) is 4.79 Å². The van der Waals surface area contributed by atoms with Gasteiger partial charge in [0.2, 0.25) is 0 Å². The molecule has 2 saturated heterocycles. The molecule has 0 saturated carbocycles. The topological polar surface area (TPSA) is 87.9 Å². The van der Waals surface area contributed by atoms with Crippen molar-refractivity contribution < 1.29 is 23.6 Å². The first-order valence-corrected chi connectivity index (χ1v) is 12.6. The fourth-order valence-electron chi connectivity index (χ4n) is 4.75. The van der Waals surface area contributed by atoms with Crippen molar-refractivity contribution in [2.75, 3.05) is 26.9 Å². The summed E-state index contributed by atoms with van der Waals surface area (Å²) in [4.78, 5) is 17.1. The number of nitrogens with zero attached hydrogens (tertiary/aromatic N) is 4. The van der Waals surface area contributed by atoms with E-state index in [-0.39, 0.29) is 11.9 Å². The summed E-state index contributed by atoms with van der Waals surface area (Å²) in [5.41, 5.74) is 2.16. The second kappa shape index (κ2) is 9.93. The van der Waals surface area contributed by atoms with E-state index in [4.69, 9.17) is 18.8 Å². The number of benzene rings is 2. The zero-order chi connectivity index (χ0) is 26.2. The maximum atomic E-state index is 13.8. The van der Waals surface area contributed by atoms with E-state index in [1.54, 1.807) is 19.5 Å². The molecule has 2 fully saturated rings. The Kier molecular flexibility index (Phi) is 6.83. The van der Waals surface area contributed by atoms with Gasteiger partial charge in [-0.05, 0) is 57.9 Å². The van der Waals surface area contributed by atoms with Crippen LogP contribution in [0.4, 0.5) is 0 Å². The average molecular weight is 504 g/mol. The first-order chi connectivity index (χ1) is 17.7. The largest absolute Gasteiger partial charge is 0.498 e. The summed E-state index contributed by atoms with van der Waals surface area (Å²) >= 11 is 0. The van der Waals surface area contributed by atoms with E-state index in [0.29, 0.717) is 43.2 Å². The molecule has 10 heteroatoms. The number of rotatable bonds is 6. The van der Waals surface area contributed by atoms with Gasteiger partial charge < -0.3 is 23.7 Å². The molecule has 0 radical (unpaired) electrons. The third kappa shape index (κ3) is 4.88. The van der Waals surface area contributed by atoms with Crippen molar-refractivity contribution in [2.45, 2.75) is 51.4 Å². The van der Waals surface area contributed by atoms with Crippen LogP contribution in [0, 0.1) is 0 Å². The van der Waals surface area contributed by atoms with E-state index in [9.17, 15) is 4.79 Å². The van der Waals surface area contributed by atoms with E-state index < -0.39 is 18.3 Å². The first-order valence-electron chi connectivity index (χ1n) is 12.6. The maximum Gasteiger partial charge on any atom is 0.498 e. The van der Waals surface area contributed by atoms with Crippen molar-refractivity contribution in [3.8, 4) is 11.4 Å². The normalized spacial score (nSPS) is 20.7. The Morgan fingerprint density at radius 2 is 1.78 bits per heavy atom. The molecule has 2 aliphatic heterocycles. The van der Waals surface area contributed by atoms with Crippen LogP contribution in [0.25, 0.3) is 5.69 Å². The second-order valence-electron chi connectivity index (χ2n) is 10.4. The van der Waals surface area contributed by atoms with Crippen LogP contribution < -0.4 is 10.2 Å². The van der Waals surface area contributed by atoms with Gasteiger partial charge in [-0.1, -0.05) is 24.3 Å². The molecular weight excluding hydrogens is 471 g/mol. The number of hydrogen-bond acceptors (Lipinski definition) is 7. The fourth-order valence-corrected chi connectivity index (χ4v) is 4.75. The summed E-state index contributed by atoms with van der Waals surface area (Å²) in [6.07, 6.45) is 3.81. The van der Waals surface area contributed by atoms with Gasteiger partial charge in [0.1, 0.15) is 5.75 Å². The lowest BCUT2D eigenvalue weighted by atomic mass is 9.77. The summed E-state index contributed by atoms with van der Waals surface area (Å²) in [5, 5.41) is 8.44. The minimum absolute atomic E-state index is 0.0686. The minimum Gasteiger partial charge on any atom is -0.497 e. The Morgan fingerprint density at radius 1 is 1.08 bits per heavy atom. The van der Waals surface area contributed by atoms with E-state index >= 15 is 0 Å². The molecule has 3 heterocycles. The molecule has 0 bridgehead atoms. The van der Waals surface area contributed by atoms with Crippen LogP contribution in [0.1, 0.15) is 43.6 Å². The van der Waals surface area contributed by atoms with Gasteiger partial charge in [0.25, 0.3) is 5.91 Å². The molecule has 0 unspecified atom stereocenters. The zero-order valence-electron chi connectivity index (χ0n) is 22.0. The van der Waals surface area contributed by atoms with E-state index in [0.717, 1.165) is 11.0 Å². The number of carbonyl (C=O) groups is 1. The molecule has 5 rings (SSSR count). The van der Waals surface area contributed by atoms with Crippen LogP contribution in [0.3, 0.4) is 0 Å². The lowest BCUT2D eigenvalue weighted by molar-refractivity contribution is -0.00165. The highest BCUT2D eigenvalue weighted by molar-refractivity contribution is 6.63. The SMILES string of the molecule is COc1ccc(C[C@@H]2COCCN2C(=O)c2ccccc2-n2nccn2)cc1B1OC(C)(C)C(C)(C)O1. The Labute approximate surface area is 217 Å². The Balaban J connectivity index is 1.41. The molecule has 2 aliphatic rings. The molecule has 1 atom stereocenters. The number of carbonyl (C=O) groups excluding carboxylic acids is 1. The van der Waals surface area contributed by atoms with Gasteiger partial charge in [-0.15, -0.1) is 0 Å². The van der Waals surface area contributed by atoms with Crippen molar-refractivity contribution in [2.24, 2.45) is 0 Å². The van der Waals surface area contributed by atoms with Crippen molar-refractivity contribution in [3.63, 3.8) is 0 Å². The van der Waals surface area contributed by atoms with Crippen LogP contribution in [-0.4, -0.2) is 77.0 Å². The number of para-hydroxylation sites is 1. The van der Waals surface area contributed by atoms with Gasteiger partial charge >= 0.3 is 7.12 Å². The molecule has 9 nitrogen and oxygen atoms in total. The zero-order valence-corrected chi connectivity index (χ0v) is 22.0. The number of methoxy groups -OCH3 is 1. The third-order valence-electron chi connectivity index (χ3n) is 7.53. The van der Waals surface area contributed by atoms with Crippen LogP contribution in [0.2, 0.25) is 0 Å². The van der Waals surface area contributed by atoms with Gasteiger partial charge in [0.05, 0.1) is 61.2 Å². The van der Waals surface area contributed by atoms with Crippen LogP contribution in [0.15, 0.2) is 54.9 Å². The number of morpholine rings is 1. The van der Waals surface area contributed by atoms with Crippen molar-refractivity contribution in [1.82, 2.24) is 19.9 Å². The molecule has 37 heavy (non-hydrogen) atoms. The van der Waals surface area contributed by atoms with E-state index in [2.05, 4.69) is 16.3 Å². The molecule has 0 spiro atoms. The standard InChI is InChI=1S/C27H33BN4O5/c1-26(2)27(3,4)37-28(36-26)22-17-19(10-11-24(22)34-5)16-20-18-35-15-14-31(20)25(33)21-8-6-7-9-23(21)32-29-12-13-30-32/h6-13,17,20H,14-16,18H2,1-5H3/t20-/m1/s1. The van der Waals surface area contributed by atoms with E-state index in [1.165, 1.54) is 4.80 Å². The molecule has 2 aromatic carbocycles. The lowest BCUT2D eigenvalue weighted by Crippen LogP contribution is -2.50. The van der Waals surface area contributed by atoms with Crippen LogP contribution in [-0.2, 0) is 20.5 Å². The predicted octanol–water partition coefficient (Wildman–Crippen LogP) is 2.66. The maximum absolute atomic E-state index is 13.8. The lowest BCUT2D eigenvalue weighted by Gasteiger charge is -2.36. The molecule has 1 aromatic heterocycles. The third-order valence-corrected chi connectivity index (χ3v) is 7.53. The smallest absolute Gasteiger partial charge is 0.497 e. The summed E-state index contributed by atoms with van der Waals surface area (Å²) < 4.78 is 24.0. The van der Waals surface area contributed by atoms with Crippen LogP contribution in [0.5, 0.6) is 5.75 Å². The number of hydrogen-bond donors (Lipinski definition) is 0. The number of ether oxygens (including phenoxy) is 2. The molecule has 0 N–H and O–H groups in total. The highest BCUT2D eigenvalue weighted by Crippen LogP contribution is 2.37. The minimum atomic E-state index is -0.548. The molecule has 3 aromatic rings. The van der Waals surface area contributed by atoms with Crippen molar-refractivity contribution >= 4 is 18.5 Å². The Bertz CT molecular complexity index is 1250. The quantitative estimate of drug-likeness (QED) is 0.477. The Hall–Kier alpha value is -3.21. The fraction of sp³-hybridized carbons (Fsp3) is 0.444. The number of amides is 1. The summed E-state index contributed by atoms with van der Waals surface area (Å²) in [6, 6.07) is 13.3. The second-order valence-corrected chi connectivity index (χ2v) is 10.4. The number of aromatic nitrogens is 3. The molecular formula is C27H33BN4O5. The summed E-state index contributed by atoms with van der Waals surface area (Å²) in [7, 11) is 1.10.